The van der Waals surface area contributed by atoms with Crippen LogP contribution >= 0.6 is 7.82 Å². The first-order valence-corrected chi connectivity index (χ1v) is 30.7. The van der Waals surface area contributed by atoms with Gasteiger partial charge in [0.15, 0.2) is 6.10 Å². The molecular formula is C68H105NO8P+. The molecule has 0 rings (SSSR count). The Morgan fingerprint density at radius 2 is 0.679 bits per heavy atom. The van der Waals surface area contributed by atoms with Crippen molar-refractivity contribution in [1.29, 1.82) is 0 Å². The van der Waals surface area contributed by atoms with Crippen molar-refractivity contribution in [3.05, 3.63) is 194 Å². The third-order valence-corrected chi connectivity index (χ3v) is 12.1. The van der Waals surface area contributed by atoms with Crippen LogP contribution in [0.15, 0.2) is 194 Å². The van der Waals surface area contributed by atoms with Crippen LogP contribution in [0.3, 0.4) is 0 Å². The molecule has 0 aliphatic rings. The van der Waals surface area contributed by atoms with Crippen LogP contribution in [0, 0.1) is 0 Å². The molecule has 0 aliphatic carbocycles. The van der Waals surface area contributed by atoms with E-state index >= 15 is 0 Å². The highest BCUT2D eigenvalue weighted by molar-refractivity contribution is 7.47. The summed E-state index contributed by atoms with van der Waals surface area (Å²) in [7, 11) is 1.38. The van der Waals surface area contributed by atoms with Gasteiger partial charge in [0.2, 0.25) is 0 Å². The van der Waals surface area contributed by atoms with Gasteiger partial charge in [-0.15, -0.1) is 0 Å². The number of nitrogens with zero attached hydrogens (tertiary/aromatic N) is 1. The average Bonchev–Trinajstić information content (AvgIpc) is 3.41. The smallest absolute Gasteiger partial charge is 0.462 e. The number of carbonyl (C=O) groups excluding carboxylic acids is 2. The molecule has 0 aliphatic heterocycles. The summed E-state index contributed by atoms with van der Waals surface area (Å²) in [5.41, 5.74) is 0. The number of carbonyl (C=O) groups is 2. The van der Waals surface area contributed by atoms with Crippen molar-refractivity contribution < 1.29 is 42.1 Å². The molecule has 0 spiro atoms. The normalized spacial score (nSPS) is 14.7. The maximum absolute atomic E-state index is 12.8. The summed E-state index contributed by atoms with van der Waals surface area (Å²) < 4.78 is 34.4. The molecule has 0 bridgehead atoms. The van der Waals surface area contributed by atoms with Crippen molar-refractivity contribution in [2.45, 2.75) is 174 Å². The van der Waals surface area contributed by atoms with Gasteiger partial charge in [-0.1, -0.05) is 208 Å². The molecule has 2 atom stereocenters. The lowest BCUT2D eigenvalue weighted by Crippen LogP contribution is -2.37. The summed E-state index contributed by atoms with van der Waals surface area (Å²) in [6.45, 7) is 4.06. The summed E-state index contributed by atoms with van der Waals surface area (Å²) in [4.78, 5) is 35.7. The van der Waals surface area contributed by atoms with Crippen LogP contribution in [0.1, 0.15) is 168 Å². The standard InChI is InChI=1S/C68H104NO8P/c1-6-8-10-12-14-16-18-20-22-24-26-28-30-32-34-36-38-40-42-44-46-48-50-52-54-56-58-60-67(70)74-64-66(65-76-78(72,73)75-63-62-69(3,4)5)77-68(71)61-59-57-55-53-51-49-47-45-43-41-39-37-35-33-31-29-27-25-23-21-19-17-15-13-11-9-7-2/h8-11,14-17,20-23,26-29,32-35,38-41,44-47,50-53,66H,6-7,12-13,18-19,24-25,30-31,36-37,42-43,48-49,54-65H2,1-5H3/p+1/b10-8-,11-9-,16-14-,17-15-,22-20-,23-21-,28-26-,29-27-,34-32-,35-33-,40-38-,41-39-,46-44-,47-45-,52-50-,53-51-. The first-order valence-electron chi connectivity index (χ1n) is 29.2. The summed E-state index contributed by atoms with van der Waals surface area (Å²) in [5, 5.41) is 0. The topological polar surface area (TPSA) is 108 Å². The monoisotopic (exact) mass is 1090 g/mol. The minimum Gasteiger partial charge on any atom is -0.462 e. The number of allylic oxidation sites excluding steroid dienone is 32. The van der Waals surface area contributed by atoms with Gasteiger partial charge in [-0.2, -0.15) is 0 Å². The van der Waals surface area contributed by atoms with Gasteiger partial charge in [-0.05, 0) is 141 Å². The van der Waals surface area contributed by atoms with E-state index in [0.29, 0.717) is 23.9 Å². The summed E-state index contributed by atoms with van der Waals surface area (Å²) in [6.07, 6.45) is 89.3. The molecule has 1 N–H and O–H groups in total. The number of ether oxygens (including phenoxy) is 2. The van der Waals surface area contributed by atoms with Crippen molar-refractivity contribution in [1.82, 2.24) is 0 Å². The molecule has 0 aromatic carbocycles. The van der Waals surface area contributed by atoms with Crippen LogP contribution in [0.5, 0.6) is 0 Å². The Morgan fingerprint density at radius 1 is 0.397 bits per heavy atom. The van der Waals surface area contributed by atoms with E-state index in [1.165, 1.54) is 0 Å². The zero-order valence-electron chi connectivity index (χ0n) is 49.1. The number of hydrogen-bond acceptors (Lipinski definition) is 7. The Balaban J connectivity index is 4.42. The Labute approximate surface area is 475 Å². The van der Waals surface area contributed by atoms with Crippen LogP contribution in [0.25, 0.3) is 0 Å². The van der Waals surface area contributed by atoms with Crippen molar-refractivity contribution in [2.24, 2.45) is 0 Å². The van der Waals surface area contributed by atoms with Crippen molar-refractivity contribution in [2.75, 3.05) is 47.5 Å². The maximum atomic E-state index is 12.8. The van der Waals surface area contributed by atoms with Crippen molar-refractivity contribution in [3.63, 3.8) is 0 Å². The van der Waals surface area contributed by atoms with Gasteiger partial charge in [0, 0.05) is 12.8 Å². The number of likely N-dealkylation sites (N-methyl/N-ethyl adjacent to an activating group) is 1. The lowest BCUT2D eigenvalue weighted by Gasteiger charge is -2.24. The number of quaternary nitrogens is 1. The molecule has 0 amide bonds. The van der Waals surface area contributed by atoms with E-state index in [9.17, 15) is 19.0 Å². The van der Waals surface area contributed by atoms with Crippen LogP contribution in [0.2, 0.25) is 0 Å². The van der Waals surface area contributed by atoms with Gasteiger partial charge in [-0.3, -0.25) is 18.6 Å². The maximum Gasteiger partial charge on any atom is 0.472 e. The molecule has 0 aromatic rings. The van der Waals surface area contributed by atoms with Gasteiger partial charge >= 0.3 is 19.8 Å². The Bertz CT molecular complexity index is 2010. The van der Waals surface area contributed by atoms with E-state index in [1.807, 2.05) is 21.1 Å². The first-order chi connectivity index (χ1) is 38.0. The first kappa shape index (κ1) is 72.8. The molecule has 10 heteroatoms. The lowest BCUT2D eigenvalue weighted by molar-refractivity contribution is -0.870. The second kappa shape index (κ2) is 56.6. The fraction of sp³-hybridized carbons (Fsp3) is 0.500. The zero-order valence-corrected chi connectivity index (χ0v) is 49.9. The van der Waals surface area contributed by atoms with Crippen molar-refractivity contribution in [3.8, 4) is 0 Å². The molecule has 434 valence electrons. The van der Waals surface area contributed by atoms with Crippen molar-refractivity contribution >= 4 is 19.8 Å². The second-order valence-corrected chi connectivity index (χ2v) is 21.0. The average molecular weight is 1100 g/mol. The van der Waals surface area contributed by atoms with E-state index in [0.717, 1.165) is 128 Å². The number of phosphoric ester groups is 1. The molecule has 9 nitrogen and oxygen atoms in total. The minimum absolute atomic E-state index is 0.00271. The Hall–Kier alpha value is -5.15. The molecule has 0 heterocycles. The van der Waals surface area contributed by atoms with Gasteiger partial charge in [0.05, 0.1) is 27.7 Å². The van der Waals surface area contributed by atoms with Crippen LogP contribution in [-0.2, 0) is 32.7 Å². The van der Waals surface area contributed by atoms with E-state index in [1.54, 1.807) is 0 Å². The van der Waals surface area contributed by atoms with E-state index < -0.39 is 32.5 Å². The Kier molecular flexibility index (Phi) is 52.8. The number of esters is 2. The number of unbranched alkanes of at least 4 members (excludes halogenated alkanes) is 4. The molecular weight excluding hydrogens is 990 g/mol. The molecule has 0 radical (unpaired) electrons. The van der Waals surface area contributed by atoms with Gasteiger partial charge in [0.25, 0.3) is 0 Å². The summed E-state index contributed by atoms with van der Waals surface area (Å²) in [5.74, 6) is -0.922. The molecule has 2 unspecified atom stereocenters. The molecule has 78 heavy (non-hydrogen) atoms. The van der Waals surface area contributed by atoms with Crippen LogP contribution in [-0.4, -0.2) is 74.9 Å². The third kappa shape index (κ3) is 60.1. The molecule has 0 saturated carbocycles. The van der Waals surface area contributed by atoms with E-state index in [4.69, 9.17) is 18.5 Å². The third-order valence-electron chi connectivity index (χ3n) is 11.1. The molecule has 0 saturated heterocycles. The van der Waals surface area contributed by atoms with Crippen LogP contribution in [0.4, 0.5) is 0 Å². The quantitative estimate of drug-likeness (QED) is 0.0211. The largest absolute Gasteiger partial charge is 0.472 e. The lowest BCUT2D eigenvalue weighted by atomic mass is 10.1. The zero-order chi connectivity index (χ0) is 57.0. The summed E-state index contributed by atoms with van der Waals surface area (Å²) in [6, 6.07) is 0. The molecule has 0 aromatic heterocycles. The fourth-order valence-electron chi connectivity index (χ4n) is 6.69. The predicted octanol–water partition coefficient (Wildman–Crippen LogP) is 18.6. The highest BCUT2D eigenvalue weighted by Gasteiger charge is 2.27. The second-order valence-electron chi connectivity index (χ2n) is 19.6. The highest BCUT2D eigenvalue weighted by atomic mass is 31.2. The highest BCUT2D eigenvalue weighted by Crippen LogP contribution is 2.43. The number of hydrogen-bond donors (Lipinski definition) is 1. The van der Waals surface area contributed by atoms with E-state index in [2.05, 4.69) is 208 Å². The van der Waals surface area contributed by atoms with Gasteiger partial charge in [0.1, 0.15) is 19.8 Å². The van der Waals surface area contributed by atoms with Gasteiger partial charge < -0.3 is 18.9 Å². The van der Waals surface area contributed by atoms with Gasteiger partial charge in [-0.25, -0.2) is 4.57 Å². The fourth-order valence-corrected chi connectivity index (χ4v) is 7.43. The number of rotatable bonds is 50. The SMILES string of the molecule is CC/C=C\C/C=C\C/C=C\C/C=C\C/C=C\C/C=C\C/C=C\C/C=C\CCCCC(=O)OCC(COP(=O)(O)OCC[N+](C)(C)C)OC(=O)CCCC/C=C\C/C=C\C/C=C\C/C=C\C/C=C\C/C=C\C/C=C\C/C=C\CC. The van der Waals surface area contributed by atoms with Crippen LogP contribution < -0.4 is 0 Å². The summed E-state index contributed by atoms with van der Waals surface area (Å²) >= 11 is 0. The predicted molar refractivity (Wildman–Crippen MR) is 334 cm³/mol. The van der Waals surface area contributed by atoms with E-state index in [-0.39, 0.29) is 26.1 Å². The number of phosphoric acid groups is 1. The minimum atomic E-state index is -4.43. The molecule has 0 fully saturated rings. The Morgan fingerprint density at radius 3 is 0.974 bits per heavy atom.